The standard InChI is InChI=1S/C11H23NO3Si/c1-4-14-9(3)10(11(13)15-5-2)12-7-6-8-16-12/h9-10H,4-8,16H2,1-3H3. The topological polar surface area (TPSA) is 38.8 Å². The molecule has 16 heavy (non-hydrogen) atoms. The summed E-state index contributed by atoms with van der Waals surface area (Å²) in [6, 6.07) is 1.13. The average Bonchev–Trinajstić information content (AvgIpc) is 2.72. The molecule has 1 aliphatic heterocycles. The predicted octanol–water partition coefficient (Wildman–Crippen LogP) is 0.551. The van der Waals surface area contributed by atoms with Crippen molar-refractivity contribution in [3.8, 4) is 0 Å². The number of ether oxygens (including phenoxy) is 2. The van der Waals surface area contributed by atoms with Gasteiger partial charge in [-0.25, -0.2) is 0 Å². The Balaban J connectivity index is 2.63. The fourth-order valence-corrected chi connectivity index (χ4v) is 4.26. The van der Waals surface area contributed by atoms with Gasteiger partial charge in [-0.2, -0.15) is 0 Å². The second-order valence-corrected chi connectivity index (χ2v) is 6.07. The van der Waals surface area contributed by atoms with Crippen LogP contribution in [0.25, 0.3) is 0 Å². The molecule has 0 aromatic carbocycles. The summed E-state index contributed by atoms with van der Waals surface area (Å²) in [6.45, 7) is 7.91. The Bertz CT molecular complexity index is 219. The maximum atomic E-state index is 11.9. The molecule has 2 atom stereocenters. The van der Waals surface area contributed by atoms with Gasteiger partial charge in [-0.05, 0) is 39.8 Å². The first kappa shape index (κ1) is 13.7. The fourth-order valence-electron chi connectivity index (χ4n) is 2.24. The summed E-state index contributed by atoms with van der Waals surface area (Å²) in [7, 11) is -0.257. The van der Waals surface area contributed by atoms with Crippen molar-refractivity contribution in [2.24, 2.45) is 0 Å². The van der Waals surface area contributed by atoms with Gasteiger partial charge >= 0.3 is 5.97 Å². The molecule has 0 aromatic heterocycles. The monoisotopic (exact) mass is 245 g/mol. The summed E-state index contributed by atoms with van der Waals surface area (Å²) in [6.07, 6.45) is 1.16. The van der Waals surface area contributed by atoms with E-state index in [1.165, 1.54) is 12.5 Å². The van der Waals surface area contributed by atoms with Crippen LogP contribution in [0.1, 0.15) is 27.2 Å². The van der Waals surface area contributed by atoms with Gasteiger partial charge < -0.3 is 14.0 Å². The van der Waals surface area contributed by atoms with Gasteiger partial charge in [0, 0.05) is 6.61 Å². The van der Waals surface area contributed by atoms with Crippen molar-refractivity contribution < 1.29 is 14.3 Å². The molecule has 1 fully saturated rings. The SMILES string of the molecule is CCOC(=O)C(C(C)OCC)N1CCC[SiH2]1. The molecule has 1 heterocycles. The highest BCUT2D eigenvalue weighted by Crippen LogP contribution is 2.16. The van der Waals surface area contributed by atoms with E-state index in [0.717, 1.165) is 6.54 Å². The second kappa shape index (κ2) is 7.03. The van der Waals surface area contributed by atoms with E-state index in [0.29, 0.717) is 13.2 Å². The Morgan fingerprint density at radius 1 is 1.44 bits per heavy atom. The van der Waals surface area contributed by atoms with Crippen molar-refractivity contribution in [2.45, 2.75) is 45.4 Å². The van der Waals surface area contributed by atoms with Crippen LogP contribution in [-0.4, -0.2) is 52.1 Å². The first-order valence-electron chi connectivity index (χ1n) is 6.23. The number of carbonyl (C=O) groups is 1. The van der Waals surface area contributed by atoms with Crippen molar-refractivity contribution >= 4 is 15.7 Å². The van der Waals surface area contributed by atoms with Gasteiger partial charge in [0.15, 0.2) is 0 Å². The van der Waals surface area contributed by atoms with E-state index in [1.807, 2.05) is 20.8 Å². The van der Waals surface area contributed by atoms with Crippen LogP contribution in [-0.2, 0) is 14.3 Å². The summed E-state index contributed by atoms with van der Waals surface area (Å²) >= 11 is 0. The molecule has 1 rings (SSSR count). The molecule has 0 spiro atoms. The highest BCUT2D eigenvalue weighted by Gasteiger charge is 2.34. The minimum absolute atomic E-state index is 0.0605. The molecule has 4 nitrogen and oxygen atoms in total. The van der Waals surface area contributed by atoms with Gasteiger partial charge in [0.25, 0.3) is 0 Å². The van der Waals surface area contributed by atoms with Gasteiger partial charge in [-0.3, -0.25) is 4.79 Å². The molecule has 0 bridgehead atoms. The maximum absolute atomic E-state index is 11.9. The van der Waals surface area contributed by atoms with E-state index in [-0.39, 0.29) is 27.8 Å². The molecule has 0 aromatic rings. The third kappa shape index (κ3) is 3.57. The largest absolute Gasteiger partial charge is 0.465 e. The van der Waals surface area contributed by atoms with Gasteiger partial charge in [0.2, 0.25) is 0 Å². The second-order valence-electron chi connectivity index (χ2n) is 4.10. The molecule has 1 aliphatic rings. The van der Waals surface area contributed by atoms with Gasteiger partial charge in [-0.1, -0.05) is 0 Å². The van der Waals surface area contributed by atoms with Crippen LogP contribution in [0.3, 0.4) is 0 Å². The highest BCUT2D eigenvalue weighted by molar-refractivity contribution is 6.33. The van der Waals surface area contributed by atoms with Crippen LogP contribution >= 0.6 is 0 Å². The summed E-state index contributed by atoms with van der Waals surface area (Å²) in [4.78, 5) is 11.9. The minimum atomic E-state index is -0.257. The van der Waals surface area contributed by atoms with Crippen LogP contribution in [0, 0.1) is 0 Å². The summed E-state index contributed by atoms with van der Waals surface area (Å²) < 4.78 is 13.0. The Labute approximate surface area is 100 Å². The van der Waals surface area contributed by atoms with Crippen molar-refractivity contribution in [2.75, 3.05) is 19.8 Å². The predicted molar refractivity (Wildman–Crippen MR) is 66.2 cm³/mol. The third-order valence-electron chi connectivity index (χ3n) is 2.94. The number of hydrogen-bond donors (Lipinski definition) is 0. The van der Waals surface area contributed by atoms with Crippen molar-refractivity contribution in [3.05, 3.63) is 0 Å². The first-order chi connectivity index (χ1) is 7.70. The molecular formula is C11H23NO3Si. The number of carbonyl (C=O) groups excluding carboxylic acids is 1. The lowest BCUT2D eigenvalue weighted by atomic mass is 10.2. The van der Waals surface area contributed by atoms with Crippen LogP contribution < -0.4 is 0 Å². The molecule has 94 valence electrons. The molecule has 5 heteroatoms. The number of esters is 1. The van der Waals surface area contributed by atoms with Crippen LogP contribution in [0.2, 0.25) is 6.04 Å². The summed E-state index contributed by atoms with van der Waals surface area (Å²) in [5.41, 5.74) is 0. The summed E-state index contributed by atoms with van der Waals surface area (Å²) in [5.74, 6) is -0.113. The Morgan fingerprint density at radius 3 is 2.69 bits per heavy atom. The van der Waals surface area contributed by atoms with E-state index >= 15 is 0 Å². The lowest BCUT2D eigenvalue weighted by Gasteiger charge is -2.30. The minimum Gasteiger partial charge on any atom is -0.465 e. The Hall–Kier alpha value is -0.393. The Morgan fingerprint density at radius 2 is 2.19 bits per heavy atom. The summed E-state index contributed by atoms with van der Waals surface area (Å²) in [5, 5.41) is 0. The fraction of sp³-hybridized carbons (Fsp3) is 0.909. The molecule has 0 saturated carbocycles. The molecular weight excluding hydrogens is 222 g/mol. The lowest BCUT2D eigenvalue weighted by Crippen LogP contribution is -2.49. The molecule has 1 saturated heterocycles. The van der Waals surface area contributed by atoms with Crippen molar-refractivity contribution in [1.82, 2.24) is 4.57 Å². The quantitative estimate of drug-likeness (QED) is 0.506. The van der Waals surface area contributed by atoms with E-state index in [1.54, 1.807) is 0 Å². The molecule has 0 radical (unpaired) electrons. The maximum Gasteiger partial charge on any atom is 0.325 e. The first-order valence-corrected chi connectivity index (χ1v) is 7.86. The number of nitrogens with zero attached hydrogens (tertiary/aromatic N) is 1. The smallest absolute Gasteiger partial charge is 0.325 e. The average molecular weight is 245 g/mol. The van der Waals surface area contributed by atoms with Gasteiger partial charge in [0.1, 0.15) is 6.04 Å². The van der Waals surface area contributed by atoms with E-state index in [2.05, 4.69) is 4.57 Å². The number of rotatable bonds is 6. The van der Waals surface area contributed by atoms with E-state index < -0.39 is 0 Å². The molecule has 0 aliphatic carbocycles. The van der Waals surface area contributed by atoms with Crippen molar-refractivity contribution in [1.29, 1.82) is 0 Å². The lowest BCUT2D eigenvalue weighted by molar-refractivity contribution is -0.152. The zero-order valence-corrected chi connectivity index (χ0v) is 12.0. The zero-order valence-electron chi connectivity index (χ0n) is 10.6. The van der Waals surface area contributed by atoms with Gasteiger partial charge in [-0.15, -0.1) is 0 Å². The van der Waals surface area contributed by atoms with Crippen LogP contribution in [0.4, 0.5) is 0 Å². The Kier molecular flexibility index (Phi) is 6.01. The molecule has 0 N–H and O–H groups in total. The molecule has 2 unspecified atom stereocenters. The van der Waals surface area contributed by atoms with Crippen LogP contribution in [0.15, 0.2) is 0 Å². The zero-order chi connectivity index (χ0) is 12.0. The van der Waals surface area contributed by atoms with Crippen molar-refractivity contribution in [3.63, 3.8) is 0 Å². The van der Waals surface area contributed by atoms with Crippen LogP contribution in [0.5, 0.6) is 0 Å². The van der Waals surface area contributed by atoms with E-state index in [9.17, 15) is 4.79 Å². The highest BCUT2D eigenvalue weighted by atomic mass is 28.2. The third-order valence-corrected chi connectivity index (χ3v) is 5.04. The normalized spacial score (nSPS) is 22.2. The van der Waals surface area contributed by atoms with E-state index in [4.69, 9.17) is 9.47 Å². The molecule has 0 amide bonds. The van der Waals surface area contributed by atoms with Gasteiger partial charge in [0.05, 0.1) is 22.4 Å². The number of hydrogen-bond acceptors (Lipinski definition) is 4.